The van der Waals surface area contributed by atoms with Crippen LogP contribution in [0.5, 0.6) is 0 Å². The van der Waals surface area contributed by atoms with E-state index in [2.05, 4.69) is 22.4 Å². The van der Waals surface area contributed by atoms with Crippen LogP contribution < -0.4 is 5.32 Å². The number of ether oxygens (including phenoxy) is 1. The first-order chi connectivity index (χ1) is 7.40. The van der Waals surface area contributed by atoms with E-state index in [1.165, 1.54) is 0 Å². The Hall–Kier alpha value is -0.520. The molecule has 0 amide bonds. The highest BCUT2D eigenvalue weighted by molar-refractivity contribution is 7.11. The van der Waals surface area contributed by atoms with Crippen molar-refractivity contribution >= 4 is 11.3 Å². The molecule has 4 nitrogen and oxygen atoms in total. The molecule has 1 aliphatic rings. The third-order valence-corrected chi connectivity index (χ3v) is 3.41. The number of nitrogens with zero attached hydrogens (tertiary/aromatic N) is 2. The summed E-state index contributed by atoms with van der Waals surface area (Å²) >= 11 is 1.67. The van der Waals surface area contributed by atoms with E-state index in [1.54, 1.807) is 11.3 Å². The lowest BCUT2D eigenvalue weighted by atomic mass is 10.2. The van der Waals surface area contributed by atoms with Gasteiger partial charge in [-0.3, -0.25) is 0 Å². The Morgan fingerprint density at radius 2 is 2.47 bits per heavy atom. The van der Waals surface area contributed by atoms with Crippen molar-refractivity contribution in [3.63, 3.8) is 0 Å². The number of nitrogens with one attached hydrogen (secondary N) is 1. The zero-order valence-electron chi connectivity index (χ0n) is 9.03. The molecule has 1 saturated heterocycles. The average molecular weight is 227 g/mol. The fraction of sp³-hybridized carbons (Fsp3) is 0.800. The Morgan fingerprint density at radius 1 is 1.53 bits per heavy atom. The zero-order chi connectivity index (χ0) is 10.5. The second-order valence-electron chi connectivity index (χ2n) is 3.71. The van der Waals surface area contributed by atoms with Crippen LogP contribution in [0.25, 0.3) is 0 Å². The van der Waals surface area contributed by atoms with Gasteiger partial charge < -0.3 is 10.1 Å². The van der Waals surface area contributed by atoms with Crippen molar-refractivity contribution in [3.05, 3.63) is 10.0 Å². The smallest absolute Gasteiger partial charge is 0.146 e. The van der Waals surface area contributed by atoms with Gasteiger partial charge in [0, 0.05) is 13.2 Å². The maximum atomic E-state index is 5.57. The van der Waals surface area contributed by atoms with Gasteiger partial charge in [0.25, 0.3) is 0 Å². The monoisotopic (exact) mass is 227 g/mol. The molecule has 1 unspecified atom stereocenters. The Balaban J connectivity index is 1.86. The highest BCUT2D eigenvalue weighted by Crippen LogP contribution is 2.30. The molecular formula is C10H17N3OS. The van der Waals surface area contributed by atoms with Crippen LogP contribution in [-0.4, -0.2) is 23.3 Å². The van der Waals surface area contributed by atoms with Crippen LogP contribution in [0.4, 0.5) is 0 Å². The number of aromatic nitrogens is 2. The first kappa shape index (κ1) is 11.0. The largest absolute Gasteiger partial charge is 0.371 e. The van der Waals surface area contributed by atoms with Gasteiger partial charge in [-0.15, -0.1) is 10.2 Å². The number of hydrogen-bond acceptors (Lipinski definition) is 5. The number of rotatable bonds is 5. The highest BCUT2D eigenvalue weighted by Gasteiger charge is 2.21. The molecule has 1 aromatic heterocycles. The Bertz CT molecular complexity index is 297. The Labute approximate surface area is 94.1 Å². The van der Waals surface area contributed by atoms with E-state index in [4.69, 9.17) is 4.74 Å². The molecule has 1 aliphatic heterocycles. The topological polar surface area (TPSA) is 47.0 Å². The van der Waals surface area contributed by atoms with Crippen molar-refractivity contribution < 1.29 is 4.74 Å². The lowest BCUT2D eigenvalue weighted by Crippen LogP contribution is -2.13. The normalized spacial score (nSPS) is 21.0. The van der Waals surface area contributed by atoms with Gasteiger partial charge in [-0.1, -0.05) is 18.3 Å². The molecule has 0 spiro atoms. The molecular weight excluding hydrogens is 210 g/mol. The molecule has 0 saturated carbocycles. The van der Waals surface area contributed by atoms with Crippen molar-refractivity contribution in [2.75, 3.05) is 13.2 Å². The molecule has 2 rings (SSSR count). The van der Waals surface area contributed by atoms with Gasteiger partial charge >= 0.3 is 0 Å². The number of hydrogen-bond donors (Lipinski definition) is 1. The molecule has 0 aromatic carbocycles. The maximum absolute atomic E-state index is 5.57. The third-order valence-electron chi connectivity index (χ3n) is 2.39. The Morgan fingerprint density at radius 3 is 3.20 bits per heavy atom. The van der Waals surface area contributed by atoms with E-state index in [1.807, 2.05) is 0 Å². The predicted molar refractivity (Wildman–Crippen MR) is 59.8 cm³/mol. The van der Waals surface area contributed by atoms with Crippen molar-refractivity contribution in [3.8, 4) is 0 Å². The van der Waals surface area contributed by atoms with Gasteiger partial charge in [0.05, 0.1) is 0 Å². The van der Waals surface area contributed by atoms with Crippen LogP contribution in [0.1, 0.15) is 42.3 Å². The van der Waals surface area contributed by atoms with Crippen LogP contribution in [0, 0.1) is 0 Å². The van der Waals surface area contributed by atoms with Crippen molar-refractivity contribution in [1.29, 1.82) is 0 Å². The summed E-state index contributed by atoms with van der Waals surface area (Å²) in [5.41, 5.74) is 0. The van der Waals surface area contributed by atoms with Gasteiger partial charge in [-0.2, -0.15) is 0 Å². The average Bonchev–Trinajstić information content (AvgIpc) is 2.87. The summed E-state index contributed by atoms with van der Waals surface area (Å²) in [4.78, 5) is 0. The predicted octanol–water partition coefficient (Wildman–Crippen LogP) is 1.89. The van der Waals surface area contributed by atoms with Crippen LogP contribution in [0.2, 0.25) is 0 Å². The first-order valence-corrected chi connectivity index (χ1v) is 6.36. The highest BCUT2D eigenvalue weighted by atomic mass is 32.1. The SMILES string of the molecule is CCCNCc1nnc(C2CCCO2)s1. The van der Waals surface area contributed by atoms with Crippen molar-refractivity contribution in [2.45, 2.75) is 38.8 Å². The quantitative estimate of drug-likeness (QED) is 0.780. The van der Waals surface area contributed by atoms with E-state index in [9.17, 15) is 0 Å². The lowest BCUT2D eigenvalue weighted by molar-refractivity contribution is 0.111. The van der Waals surface area contributed by atoms with E-state index in [-0.39, 0.29) is 6.10 Å². The maximum Gasteiger partial charge on any atom is 0.146 e. The summed E-state index contributed by atoms with van der Waals surface area (Å²) in [7, 11) is 0. The fourth-order valence-corrected chi connectivity index (χ4v) is 2.51. The minimum absolute atomic E-state index is 0.211. The van der Waals surface area contributed by atoms with Gasteiger partial charge in [-0.05, 0) is 25.8 Å². The van der Waals surface area contributed by atoms with Gasteiger partial charge in [0.15, 0.2) is 0 Å². The summed E-state index contributed by atoms with van der Waals surface area (Å²) < 4.78 is 5.57. The molecule has 84 valence electrons. The molecule has 1 N–H and O–H groups in total. The summed E-state index contributed by atoms with van der Waals surface area (Å²) in [5, 5.41) is 13.8. The van der Waals surface area contributed by atoms with Crippen molar-refractivity contribution in [2.24, 2.45) is 0 Å². The fourth-order valence-electron chi connectivity index (χ4n) is 1.61. The van der Waals surface area contributed by atoms with Crippen LogP contribution in [-0.2, 0) is 11.3 Å². The van der Waals surface area contributed by atoms with Crippen molar-refractivity contribution in [1.82, 2.24) is 15.5 Å². The van der Waals surface area contributed by atoms with Crippen LogP contribution in [0.3, 0.4) is 0 Å². The van der Waals surface area contributed by atoms with E-state index < -0.39 is 0 Å². The van der Waals surface area contributed by atoms with Gasteiger partial charge in [-0.25, -0.2) is 0 Å². The van der Waals surface area contributed by atoms with Crippen LogP contribution >= 0.6 is 11.3 Å². The summed E-state index contributed by atoms with van der Waals surface area (Å²) in [5.74, 6) is 0. The summed E-state index contributed by atoms with van der Waals surface area (Å²) in [6.07, 6.45) is 3.60. The molecule has 5 heteroatoms. The molecule has 1 atom stereocenters. The standard InChI is InChI=1S/C10H17N3OS/c1-2-5-11-7-9-12-13-10(15-9)8-4-3-6-14-8/h8,11H,2-7H2,1H3. The van der Waals surface area contributed by atoms with E-state index in [0.717, 1.165) is 49.0 Å². The summed E-state index contributed by atoms with van der Waals surface area (Å²) in [6.45, 7) is 4.89. The van der Waals surface area contributed by atoms with Gasteiger partial charge in [0.1, 0.15) is 16.1 Å². The molecule has 2 heterocycles. The van der Waals surface area contributed by atoms with Crippen LogP contribution in [0.15, 0.2) is 0 Å². The summed E-state index contributed by atoms with van der Waals surface area (Å²) in [6, 6.07) is 0. The molecule has 0 radical (unpaired) electrons. The molecule has 15 heavy (non-hydrogen) atoms. The lowest BCUT2D eigenvalue weighted by Gasteiger charge is -2.02. The third kappa shape index (κ3) is 2.96. The molecule has 0 aliphatic carbocycles. The molecule has 0 bridgehead atoms. The molecule has 1 fully saturated rings. The zero-order valence-corrected chi connectivity index (χ0v) is 9.85. The minimum Gasteiger partial charge on any atom is -0.371 e. The minimum atomic E-state index is 0.211. The Kier molecular flexibility index (Phi) is 4.05. The van der Waals surface area contributed by atoms with E-state index in [0.29, 0.717) is 0 Å². The second-order valence-corrected chi connectivity index (χ2v) is 4.81. The van der Waals surface area contributed by atoms with Gasteiger partial charge in [0.2, 0.25) is 0 Å². The molecule has 1 aromatic rings. The van der Waals surface area contributed by atoms with E-state index >= 15 is 0 Å². The first-order valence-electron chi connectivity index (χ1n) is 5.54. The second kappa shape index (κ2) is 5.53.